The van der Waals surface area contributed by atoms with Gasteiger partial charge in [0.05, 0.1) is 23.4 Å². The molecule has 2 aromatic rings. The second-order valence-corrected chi connectivity index (χ2v) is 3.22. The maximum Gasteiger partial charge on any atom is 0.163 e. The first-order valence-electron chi connectivity index (χ1n) is 4.85. The quantitative estimate of drug-likeness (QED) is 0.781. The number of hydrogen-bond donors (Lipinski definition) is 0. The number of nitrogens with zero attached hydrogens (tertiary/aromatic N) is 3. The fourth-order valence-electron chi connectivity index (χ4n) is 1.28. The molecule has 0 aliphatic heterocycles. The van der Waals surface area contributed by atoms with Crippen LogP contribution in [0.1, 0.15) is 11.1 Å². The SMILES string of the molecule is N#Cc1ccc(Oc2cnccc2C#N)cc1. The number of rotatable bonds is 2. The second kappa shape index (κ2) is 4.78. The Morgan fingerprint density at radius 3 is 2.41 bits per heavy atom. The highest BCUT2D eigenvalue weighted by atomic mass is 16.5. The number of aromatic nitrogens is 1. The smallest absolute Gasteiger partial charge is 0.163 e. The van der Waals surface area contributed by atoms with Crippen molar-refractivity contribution in [2.75, 3.05) is 0 Å². The van der Waals surface area contributed by atoms with Gasteiger partial charge >= 0.3 is 0 Å². The van der Waals surface area contributed by atoms with Crippen LogP contribution in [0.2, 0.25) is 0 Å². The molecule has 1 aromatic carbocycles. The van der Waals surface area contributed by atoms with Gasteiger partial charge < -0.3 is 4.74 Å². The Bertz CT molecular complexity index is 606. The predicted octanol–water partition coefficient (Wildman–Crippen LogP) is 2.62. The zero-order chi connectivity index (χ0) is 12.1. The minimum Gasteiger partial charge on any atom is -0.454 e. The molecule has 0 saturated carbocycles. The topological polar surface area (TPSA) is 69.7 Å². The van der Waals surface area contributed by atoms with E-state index in [1.54, 1.807) is 30.3 Å². The Hall–Kier alpha value is -2.85. The minimum atomic E-state index is 0.403. The van der Waals surface area contributed by atoms with Gasteiger partial charge in [0.1, 0.15) is 11.8 Å². The van der Waals surface area contributed by atoms with Crippen molar-refractivity contribution in [3.63, 3.8) is 0 Å². The number of ether oxygens (including phenoxy) is 1. The predicted molar refractivity (Wildman–Crippen MR) is 60.2 cm³/mol. The molecule has 2 rings (SSSR count). The summed E-state index contributed by atoms with van der Waals surface area (Å²) in [6.45, 7) is 0. The van der Waals surface area contributed by atoms with E-state index in [1.807, 2.05) is 12.1 Å². The highest BCUT2D eigenvalue weighted by molar-refractivity contribution is 5.44. The van der Waals surface area contributed by atoms with Gasteiger partial charge in [-0.1, -0.05) is 0 Å². The lowest BCUT2D eigenvalue weighted by atomic mass is 10.2. The molecule has 4 heteroatoms. The molecule has 1 aromatic heterocycles. The lowest BCUT2D eigenvalue weighted by molar-refractivity contribution is 0.478. The van der Waals surface area contributed by atoms with Gasteiger partial charge in [0.15, 0.2) is 5.75 Å². The average molecular weight is 221 g/mol. The van der Waals surface area contributed by atoms with Gasteiger partial charge in [-0.2, -0.15) is 10.5 Å². The summed E-state index contributed by atoms with van der Waals surface area (Å²) >= 11 is 0. The zero-order valence-corrected chi connectivity index (χ0v) is 8.79. The van der Waals surface area contributed by atoms with Crippen LogP contribution >= 0.6 is 0 Å². The molecule has 0 aliphatic carbocycles. The highest BCUT2D eigenvalue weighted by Gasteiger charge is 2.03. The second-order valence-electron chi connectivity index (χ2n) is 3.22. The number of pyridine rings is 1. The Labute approximate surface area is 98.3 Å². The maximum absolute atomic E-state index is 8.88. The van der Waals surface area contributed by atoms with Crippen molar-refractivity contribution in [2.45, 2.75) is 0 Å². The van der Waals surface area contributed by atoms with Crippen molar-refractivity contribution in [1.29, 1.82) is 10.5 Å². The van der Waals surface area contributed by atoms with E-state index in [9.17, 15) is 0 Å². The molecular formula is C13H7N3O. The zero-order valence-electron chi connectivity index (χ0n) is 8.79. The first-order valence-corrected chi connectivity index (χ1v) is 4.85. The summed E-state index contributed by atoms with van der Waals surface area (Å²) < 4.78 is 5.51. The van der Waals surface area contributed by atoms with E-state index >= 15 is 0 Å². The summed E-state index contributed by atoms with van der Waals surface area (Å²) in [7, 11) is 0. The fourth-order valence-corrected chi connectivity index (χ4v) is 1.28. The first kappa shape index (κ1) is 10.7. The fraction of sp³-hybridized carbons (Fsp3) is 0. The average Bonchev–Trinajstić information content (AvgIpc) is 2.40. The van der Waals surface area contributed by atoms with Crippen LogP contribution in [0.3, 0.4) is 0 Å². The molecule has 0 N–H and O–H groups in total. The van der Waals surface area contributed by atoms with Crippen LogP contribution in [0, 0.1) is 22.7 Å². The Kier molecular flexibility index (Phi) is 3.00. The molecule has 0 aliphatic rings. The molecule has 0 fully saturated rings. The van der Waals surface area contributed by atoms with Crippen LogP contribution in [-0.2, 0) is 0 Å². The summed E-state index contributed by atoms with van der Waals surface area (Å²) in [6, 6.07) is 12.3. The summed E-state index contributed by atoms with van der Waals surface area (Å²) in [5.41, 5.74) is 0.980. The Morgan fingerprint density at radius 1 is 1.00 bits per heavy atom. The van der Waals surface area contributed by atoms with Crippen molar-refractivity contribution in [1.82, 2.24) is 4.98 Å². The number of nitriles is 2. The van der Waals surface area contributed by atoms with Gasteiger partial charge in [0, 0.05) is 6.20 Å². The molecule has 0 amide bonds. The van der Waals surface area contributed by atoms with Crippen LogP contribution in [0.4, 0.5) is 0 Å². The minimum absolute atomic E-state index is 0.403. The van der Waals surface area contributed by atoms with Gasteiger partial charge in [-0.25, -0.2) is 0 Å². The van der Waals surface area contributed by atoms with E-state index < -0.39 is 0 Å². The molecule has 4 nitrogen and oxygen atoms in total. The molecule has 0 spiro atoms. The van der Waals surface area contributed by atoms with E-state index in [-0.39, 0.29) is 0 Å². The third kappa shape index (κ3) is 2.39. The lowest BCUT2D eigenvalue weighted by Crippen LogP contribution is -1.89. The lowest BCUT2D eigenvalue weighted by Gasteiger charge is -2.05. The van der Waals surface area contributed by atoms with E-state index in [2.05, 4.69) is 4.98 Å². The molecule has 0 atom stereocenters. The molecule has 0 saturated heterocycles. The van der Waals surface area contributed by atoms with E-state index in [4.69, 9.17) is 15.3 Å². The van der Waals surface area contributed by atoms with Gasteiger partial charge in [-0.15, -0.1) is 0 Å². The summed E-state index contributed by atoms with van der Waals surface area (Å²) in [6.07, 6.45) is 3.01. The number of benzene rings is 1. The molecule has 80 valence electrons. The summed E-state index contributed by atoms with van der Waals surface area (Å²) in [5.74, 6) is 0.966. The third-order valence-electron chi connectivity index (χ3n) is 2.12. The molecule has 17 heavy (non-hydrogen) atoms. The summed E-state index contributed by atoms with van der Waals surface area (Å²) in [5, 5.41) is 17.5. The monoisotopic (exact) mass is 221 g/mol. The third-order valence-corrected chi connectivity index (χ3v) is 2.12. The van der Waals surface area contributed by atoms with Crippen LogP contribution in [-0.4, -0.2) is 4.98 Å². The van der Waals surface area contributed by atoms with Crippen LogP contribution in [0.5, 0.6) is 11.5 Å². The van der Waals surface area contributed by atoms with Gasteiger partial charge in [-0.05, 0) is 30.3 Å². The van der Waals surface area contributed by atoms with E-state index in [0.717, 1.165) is 0 Å². The molecule has 0 bridgehead atoms. The van der Waals surface area contributed by atoms with E-state index in [1.165, 1.54) is 12.4 Å². The van der Waals surface area contributed by atoms with Crippen LogP contribution in [0.15, 0.2) is 42.7 Å². The Morgan fingerprint density at radius 2 is 1.76 bits per heavy atom. The van der Waals surface area contributed by atoms with Crippen LogP contribution in [0.25, 0.3) is 0 Å². The van der Waals surface area contributed by atoms with Crippen molar-refractivity contribution in [2.24, 2.45) is 0 Å². The van der Waals surface area contributed by atoms with Crippen molar-refractivity contribution in [3.05, 3.63) is 53.9 Å². The van der Waals surface area contributed by atoms with Gasteiger partial charge in [0.25, 0.3) is 0 Å². The molecule has 0 radical (unpaired) electrons. The van der Waals surface area contributed by atoms with E-state index in [0.29, 0.717) is 22.6 Å². The van der Waals surface area contributed by atoms with Crippen molar-refractivity contribution < 1.29 is 4.74 Å². The van der Waals surface area contributed by atoms with Crippen molar-refractivity contribution in [3.8, 4) is 23.6 Å². The number of hydrogen-bond acceptors (Lipinski definition) is 4. The normalized spacial score (nSPS) is 9.06. The Balaban J connectivity index is 2.26. The first-order chi connectivity index (χ1) is 8.33. The molecular weight excluding hydrogens is 214 g/mol. The summed E-state index contributed by atoms with van der Waals surface area (Å²) in [4.78, 5) is 3.89. The molecule has 0 unspecified atom stereocenters. The van der Waals surface area contributed by atoms with Crippen molar-refractivity contribution >= 4 is 0 Å². The van der Waals surface area contributed by atoms with Gasteiger partial charge in [0.2, 0.25) is 0 Å². The highest BCUT2D eigenvalue weighted by Crippen LogP contribution is 2.23. The van der Waals surface area contributed by atoms with Crippen LogP contribution < -0.4 is 4.74 Å². The standard InChI is InChI=1S/C13H7N3O/c14-7-10-1-3-12(4-2-10)17-13-9-16-6-5-11(13)8-15/h1-6,9H. The maximum atomic E-state index is 8.88. The largest absolute Gasteiger partial charge is 0.454 e. The van der Waals surface area contributed by atoms with Gasteiger partial charge in [-0.3, -0.25) is 4.98 Å². The molecule has 1 heterocycles.